The van der Waals surface area contributed by atoms with Crippen LogP contribution in [0.25, 0.3) is 11.0 Å². The van der Waals surface area contributed by atoms with Crippen LogP contribution in [-0.2, 0) is 5.75 Å². The molecule has 2 aromatic rings. The van der Waals surface area contributed by atoms with Crippen LogP contribution in [0.15, 0.2) is 33.5 Å². The molecule has 0 saturated heterocycles. The average Bonchev–Trinajstić information content (AvgIpc) is 2.38. The molecule has 3 nitrogen and oxygen atoms in total. The van der Waals surface area contributed by atoms with Gasteiger partial charge in [-0.15, -0.1) is 0 Å². The van der Waals surface area contributed by atoms with Crippen molar-refractivity contribution in [1.29, 1.82) is 0 Å². The lowest BCUT2D eigenvalue weighted by molar-refractivity contribution is 0.559. The summed E-state index contributed by atoms with van der Waals surface area (Å²) in [4.78, 5) is 13.7. The Hall–Kier alpha value is -1.42. The topological polar surface area (TPSA) is 33.5 Å². The minimum atomic E-state index is -0.316. The van der Waals surface area contributed by atoms with Crippen molar-refractivity contribution in [3.05, 3.63) is 40.2 Å². The zero-order valence-electron chi connectivity index (χ0n) is 10.6. The molecule has 0 saturated carbocycles. The van der Waals surface area contributed by atoms with Crippen molar-refractivity contribution in [3.63, 3.8) is 0 Å². The monoisotopic (exact) mass is 263 g/mol. The van der Waals surface area contributed by atoms with E-state index in [1.165, 1.54) is 6.07 Å². The van der Waals surface area contributed by atoms with Crippen LogP contribution in [-0.4, -0.2) is 13.1 Å². The third-order valence-electron chi connectivity index (χ3n) is 3.11. The van der Waals surface area contributed by atoms with Gasteiger partial charge in [-0.1, -0.05) is 0 Å². The van der Waals surface area contributed by atoms with Gasteiger partial charge in [-0.25, -0.2) is 4.79 Å². The number of anilines is 1. The van der Waals surface area contributed by atoms with E-state index in [1.807, 2.05) is 12.1 Å². The number of nitrogens with zero attached hydrogens (tertiary/aromatic N) is 1. The quantitative estimate of drug-likeness (QED) is 0.680. The minimum Gasteiger partial charge on any atom is -0.423 e. The molecule has 0 N–H and O–H groups in total. The highest BCUT2D eigenvalue weighted by atomic mass is 32.1. The highest BCUT2D eigenvalue weighted by molar-refractivity contribution is 7.79. The zero-order valence-corrected chi connectivity index (χ0v) is 11.5. The minimum absolute atomic E-state index is 0.316. The third kappa shape index (κ3) is 2.38. The van der Waals surface area contributed by atoms with Crippen molar-refractivity contribution >= 4 is 29.3 Å². The summed E-state index contributed by atoms with van der Waals surface area (Å²) in [5.41, 5.74) is 2.31. The van der Waals surface area contributed by atoms with Gasteiger partial charge in [-0.05, 0) is 31.5 Å². The van der Waals surface area contributed by atoms with Gasteiger partial charge in [0.05, 0.1) is 0 Å². The molecule has 0 radical (unpaired) electrons. The molecule has 4 heteroatoms. The van der Waals surface area contributed by atoms with Gasteiger partial charge in [0.15, 0.2) is 0 Å². The van der Waals surface area contributed by atoms with Crippen LogP contribution in [0.1, 0.15) is 19.4 Å². The molecule has 0 bridgehead atoms. The highest BCUT2D eigenvalue weighted by Gasteiger charge is 2.08. The maximum atomic E-state index is 11.5. The Morgan fingerprint density at radius 2 is 1.94 bits per heavy atom. The van der Waals surface area contributed by atoms with E-state index in [1.54, 1.807) is 0 Å². The van der Waals surface area contributed by atoms with Gasteiger partial charge in [0.2, 0.25) is 0 Å². The van der Waals surface area contributed by atoms with Crippen LogP contribution >= 0.6 is 12.6 Å². The smallest absolute Gasteiger partial charge is 0.336 e. The summed E-state index contributed by atoms with van der Waals surface area (Å²) in [7, 11) is 0. The summed E-state index contributed by atoms with van der Waals surface area (Å²) in [5.74, 6) is 0.534. The molecule has 0 aliphatic carbocycles. The summed E-state index contributed by atoms with van der Waals surface area (Å²) in [6, 6.07) is 7.49. The molecule has 18 heavy (non-hydrogen) atoms. The number of rotatable bonds is 4. The van der Waals surface area contributed by atoms with Crippen LogP contribution in [0.2, 0.25) is 0 Å². The second kappa shape index (κ2) is 5.48. The fourth-order valence-electron chi connectivity index (χ4n) is 2.13. The second-order valence-corrected chi connectivity index (χ2v) is 4.42. The van der Waals surface area contributed by atoms with Gasteiger partial charge in [0.1, 0.15) is 5.58 Å². The van der Waals surface area contributed by atoms with E-state index in [0.29, 0.717) is 11.3 Å². The summed E-state index contributed by atoms with van der Waals surface area (Å²) in [6.45, 7) is 6.07. The summed E-state index contributed by atoms with van der Waals surface area (Å²) >= 11 is 4.25. The van der Waals surface area contributed by atoms with Crippen molar-refractivity contribution in [3.8, 4) is 0 Å². The van der Waals surface area contributed by atoms with Gasteiger partial charge in [0, 0.05) is 42.0 Å². The molecule has 0 fully saturated rings. The van der Waals surface area contributed by atoms with E-state index in [2.05, 4.69) is 37.4 Å². The van der Waals surface area contributed by atoms with Crippen LogP contribution < -0.4 is 10.5 Å². The van der Waals surface area contributed by atoms with Gasteiger partial charge in [-0.3, -0.25) is 0 Å². The molecule has 0 unspecified atom stereocenters. The molecule has 0 atom stereocenters. The largest absolute Gasteiger partial charge is 0.423 e. The van der Waals surface area contributed by atoms with E-state index < -0.39 is 0 Å². The standard InChI is InChI=1S/C14H17NO2S/c1-3-15(4-2)11-5-6-12-10(9-18)7-14(16)17-13(12)8-11/h5-8,18H,3-4,9H2,1-2H3. The van der Waals surface area contributed by atoms with Crippen molar-refractivity contribution in [2.45, 2.75) is 19.6 Å². The Balaban J connectivity index is 2.61. The molecule has 1 aromatic heterocycles. The fraction of sp³-hybridized carbons (Fsp3) is 0.357. The first kappa shape index (κ1) is 13.0. The lowest BCUT2D eigenvalue weighted by Gasteiger charge is -2.21. The summed E-state index contributed by atoms with van der Waals surface area (Å²) in [5, 5.41) is 0.959. The van der Waals surface area contributed by atoms with Gasteiger partial charge < -0.3 is 9.32 Å². The molecule has 0 aliphatic heterocycles. The second-order valence-electron chi connectivity index (χ2n) is 4.10. The first-order chi connectivity index (χ1) is 8.69. The van der Waals surface area contributed by atoms with E-state index in [9.17, 15) is 4.79 Å². The predicted octanol–water partition coefficient (Wildman–Crippen LogP) is 3.07. The normalized spacial score (nSPS) is 10.8. The fourth-order valence-corrected chi connectivity index (χ4v) is 2.40. The average molecular weight is 263 g/mol. The highest BCUT2D eigenvalue weighted by Crippen LogP contribution is 2.24. The molecule has 0 aliphatic rings. The first-order valence-corrected chi connectivity index (χ1v) is 6.75. The molecular formula is C14H17NO2S. The van der Waals surface area contributed by atoms with Crippen molar-refractivity contribution < 1.29 is 4.42 Å². The van der Waals surface area contributed by atoms with E-state index in [4.69, 9.17) is 4.42 Å². The Bertz CT molecular complexity index is 602. The Labute approximate surface area is 112 Å². The lowest BCUT2D eigenvalue weighted by Crippen LogP contribution is -2.21. The van der Waals surface area contributed by atoms with Crippen LogP contribution in [0.4, 0.5) is 5.69 Å². The number of hydrogen-bond acceptors (Lipinski definition) is 4. The van der Waals surface area contributed by atoms with Crippen LogP contribution in [0.5, 0.6) is 0 Å². The van der Waals surface area contributed by atoms with Crippen molar-refractivity contribution in [2.75, 3.05) is 18.0 Å². The molecule has 0 amide bonds. The lowest BCUT2D eigenvalue weighted by atomic mass is 10.1. The summed E-state index contributed by atoms with van der Waals surface area (Å²) in [6.07, 6.45) is 0. The summed E-state index contributed by atoms with van der Waals surface area (Å²) < 4.78 is 5.27. The Morgan fingerprint density at radius 3 is 2.56 bits per heavy atom. The third-order valence-corrected chi connectivity index (χ3v) is 3.45. The molecule has 1 heterocycles. The number of benzene rings is 1. The first-order valence-electron chi connectivity index (χ1n) is 6.12. The van der Waals surface area contributed by atoms with Crippen molar-refractivity contribution in [2.24, 2.45) is 0 Å². The zero-order chi connectivity index (χ0) is 13.1. The number of fused-ring (bicyclic) bond motifs is 1. The number of hydrogen-bond donors (Lipinski definition) is 1. The van der Waals surface area contributed by atoms with Gasteiger partial charge in [0.25, 0.3) is 0 Å². The molecule has 2 rings (SSSR count). The van der Waals surface area contributed by atoms with Crippen LogP contribution in [0.3, 0.4) is 0 Å². The van der Waals surface area contributed by atoms with E-state index >= 15 is 0 Å². The van der Waals surface area contributed by atoms with Gasteiger partial charge >= 0.3 is 5.63 Å². The van der Waals surface area contributed by atoms with Gasteiger partial charge in [-0.2, -0.15) is 12.6 Å². The molecule has 1 aromatic carbocycles. The van der Waals surface area contributed by atoms with Crippen LogP contribution in [0, 0.1) is 0 Å². The molecule has 96 valence electrons. The molecular weight excluding hydrogens is 246 g/mol. The molecule has 0 spiro atoms. The maximum absolute atomic E-state index is 11.5. The Kier molecular flexibility index (Phi) is 3.97. The predicted molar refractivity (Wildman–Crippen MR) is 78.7 cm³/mol. The van der Waals surface area contributed by atoms with E-state index in [-0.39, 0.29) is 5.63 Å². The number of thiol groups is 1. The Morgan fingerprint density at radius 1 is 1.22 bits per heavy atom. The van der Waals surface area contributed by atoms with Crippen molar-refractivity contribution in [1.82, 2.24) is 0 Å². The van der Waals surface area contributed by atoms with E-state index in [0.717, 1.165) is 29.7 Å². The SMILES string of the molecule is CCN(CC)c1ccc2c(CS)cc(=O)oc2c1. The maximum Gasteiger partial charge on any atom is 0.336 e.